The summed E-state index contributed by atoms with van der Waals surface area (Å²) in [6.07, 6.45) is 2.84. The summed E-state index contributed by atoms with van der Waals surface area (Å²) >= 11 is 5.71. The first kappa shape index (κ1) is 19.7. The summed E-state index contributed by atoms with van der Waals surface area (Å²) in [7, 11) is 1.54. The molecule has 0 aliphatic heterocycles. The average molecular weight is 375 g/mol. The molecule has 0 aromatic heterocycles. The number of anilines is 1. The molecule has 4 nitrogen and oxygen atoms in total. The van der Waals surface area contributed by atoms with Crippen LogP contribution in [0.3, 0.4) is 0 Å². The van der Waals surface area contributed by atoms with Crippen LogP contribution < -0.4 is 5.32 Å². The minimum Gasteiger partial charge on any atom is -0.333 e. The van der Waals surface area contributed by atoms with Gasteiger partial charge in [0.05, 0.1) is 11.6 Å². The summed E-state index contributed by atoms with van der Waals surface area (Å²) in [6, 6.07) is 9.91. The van der Waals surface area contributed by atoms with Crippen LogP contribution in [0.4, 0.5) is 10.1 Å². The van der Waals surface area contributed by atoms with Gasteiger partial charge in [0.15, 0.2) is 0 Å². The van der Waals surface area contributed by atoms with Crippen molar-refractivity contribution in [2.24, 2.45) is 0 Å². The maximum Gasteiger partial charge on any atom is 0.246 e. The molecule has 0 bridgehead atoms. The molecule has 2 aromatic rings. The lowest BCUT2D eigenvalue weighted by Gasteiger charge is -2.16. The normalized spacial score (nSPS) is 10.8. The van der Waals surface area contributed by atoms with Crippen molar-refractivity contribution < 1.29 is 14.0 Å². The molecule has 2 aromatic carbocycles. The first-order valence-corrected chi connectivity index (χ1v) is 8.40. The third-order valence-corrected chi connectivity index (χ3v) is 4.15. The molecule has 1 N–H and O–H groups in total. The lowest BCUT2D eigenvalue weighted by Crippen LogP contribution is -2.34. The first-order valence-electron chi connectivity index (χ1n) is 8.02. The standard InChI is InChI=1S/C20H20ClFN2O2/c1-13-5-4-6-14(2)20(13)23-18(25)12-24(3)19(26)10-8-15-7-9-17(22)16(21)11-15/h4-11H,12H2,1-3H3,(H,23,25)/b10-8+. The number of halogens is 2. The molecule has 0 radical (unpaired) electrons. The van der Waals surface area contributed by atoms with Crippen LogP contribution in [0.5, 0.6) is 0 Å². The van der Waals surface area contributed by atoms with Crippen LogP contribution >= 0.6 is 11.6 Å². The maximum atomic E-state index is 13.1. The highest BCUT2D eigenvalue weighted by Crippen LogP contribution is 2.19. The molecular weight excluding hydrogens is 355 g/mol. The topological polar surface area (TPSA) is 49.4 Å². The van der Waals surface area contributed by atoms with Gasteiger partial charge in [-0.15, -0.1) is 0 Å². The van der Waals surface area contributed by atoms with E-state index in [2.05, 4.69) is 5.32 Å². The number of nitrogens with zero attached hydrogens (tertiary/aromatic N) is 1. The summed E-state index contributed by atoms with van der Waals surface area (Å²) < 4.78 is 13.1. The van der Waals surface area contributed by atoms with E-state index in [4.69, 9.17) is 11.6 Å². The molecule has 0 saturated carbocycles. The van der Waals surface area contributed by atoms with Crippen molar-refractivity contribution >= 4 is 35.2 Å². The second kappa shape index (κ2) is 8.63. The van der Waals surface area contributed by atoms with Crippen molar-refractivity contribution in [1.29, 1.82) is 0 Å². The van der Waals surface area contributed by atoms with Crippen LogP contribution in [0.15, 0.2) is 42.5 Å². The predicted molar refractivity (Wildman–Crippen MR) is 103 cm³/mol. The number of nitrogens with one attached hydrogen (secondary N) is 1. The summed E-state index contributed by atoms with van der Waals surface area (Å²) in [6.45, 7) is 3.74. The molecule has 0 atom stereocenters. The Hall–Kier alpha value is -2.66. The smallest absolute Gasteiger partial charge is 0.246 e. The van der Waals surface area contributed by atoms with Gasteiger partial charge in [-0.2, -0.15) is 0 Å². The SMILES string of the molecule is Cc1cccc(C)c1NC(=O)CN(C)C(=O)/C=C/c1ccc(F)c(Cl)c1. The summed E-state index contributed by atoms with van der Waals surface area (Å²) in [5.41, 5.74) is 3.27. The highest BCUT2D eigenvalue weighted by Gasteiger charge is 2.12. The van der Waals surface area contributed by atoms with Crippen molar-refractivity contribution in [3.8, 4) is 0 Å². The number of carbonyl (C=O) groups excluding carboxylic acids is 2. The fourth-order valence-electron chi connectivity index (χ4n) is 2.39. The molecule has 136 valence electrons. The van der Waals surface area contributed by atoms with Crippen LogP contribution in [0.25, 0.3) is 6.08 Å². The van der Waals surface area contributed by atoms with E-state index in [1.807, 2.05) is 32.0 Å². The Morgan fingerprint density at radius 2 is 1.85 bits per heavy atom. The van der Waals surface area contributed by atoms with Crippen molar-refractivity contribution in [2.75, 3.05) is 18.9 Å². The van der Waals surface area contributed by atoms with E-state index in [0.29, 0.717) is 5.56 Å². The highest BCUT2D eigenvalue weighted by atomic mass is 35.5. The Balaban J connectivity index is 1.96. The molecule has 0 spiro atoms. The minimum atomic E-state index is -0.518. The van der Waals surface area contributed by atoms with Gasteiger partial charge >= 0.3 is 0 Å². The quantitative estimate of drug-likeness (QED) is 0.797. The van der Waals surface area contributed by atoms with Gasteiger partial charge in [0.25, 0.3) is 0 Å². The van der Waals surface area contributed by atoms with Gasteiger partial charge in [0.2, 0.25) is 11.8 Å². The van der Waals surface area contributed by atoms with Crippen molar-refractivity contribution in [3.05, 3.63) is 70.0 Å². The van der Waals surface area contributed by atoms with E-state index < -0.39 is 5.82 Å². The zero-order chi connectivity index (χ0) is 19.3. The lowest BCUT2D eigenvalue weighted by molar-refractivity contribution is -0.129. The van der Waals surface area contributed by atoms with Crippen molar-refractivity contribution in [3.63, 3.8) is 0 Å². The van der Waals surface area contributed by atoms with E-state index in [9.17, 15) is 14.0 Å². The van der Waals surface area contributed by atoms with E-state index >= 15 is 0 Å². The third kappa shape index (κ3) is 5.17. The van der Waals surface area contributed by atoms with E-state index in [0.717, 1.165) is 16.8 Å². The number of hydrogen-bond acceptors (Lipinski definition) is 2. The fraction of sp³-hybridized carbons (Fsp3) is 0.200. The number of benzene rings is 2. The highest BCUT2D eigenvalue weighted by molar-refractivity contribution is 6.30. The number of rotatable bonds is 5. The Morgan fingerprint density at radius 3 is 2.46 bits per heavy atom. The molecule has 0 fully saturated rings. The number of likely N-dealkylation sites (N-methyl/N-ethyl adjacent to an activating group) is 1. The zero-order valence-corrected chi connectivity index (χ0v) is 15.6. The molecule has 0 heterocycles. The van der Waals surface area contributed by atoms with E-state index in [1.54, 1.807) is 0 Å². The van der Waals surface area contributed by atoms with Crippen molar-refractivity contribution in [2.45, 2.75) is 13.8 Å². The maximum absolute atomic E-state index is 13.1. The van der Waals surface area contributed by atoms with Gasteiger partial charge in [-0.25, -0.2) is 4.39 Å². The van der Waals surface area contributed by atoms with Gasteiger partial charge in [0, 0.05) is 18.8 Å². The summed E-state index contributed by atoms with van der Waals surface area (Å²) in [5, 5.41) is 2.82. The van der Waals surface area contributed by atoms with E-state index in [-0.39, 0.29) is 23.4 Å². The molecule has 2 rings (SSSR count). The molecule has 0 saturated heterocycles. The van der Waals surface area contributed by atoms with Crippen LogP contribution in [-0.2, 0) is 9.59 Å². The molecule has 6 heteroatoms. The molecule has 2 amide bonds. The number of hydrogen-bond donors (Lipinski definition) is 1. The van der Waals surface area contributed by atoms with Gasteiger partial charge < -0.3 is 10.2 Å². The first-order chi connectivity index (χ1) is 12.3. The molecule has 0 aliphatic rings. The van der Waals surface area contributed by atoms with Crippen LogP contribution in [-0.4, -0.2) is 30.3 Å². The van der Waals surface area contributed by atoms with Gasteiger partial charge in [-0.3, -0.25) is 9.59 Å². The largest absolute Gasteiger partial charge is 0.333 e. The molecule has 0 unspecified atom stereocenters. The Labute approximate surface area is 157 Å². The van der Waals surface area contributed by atoms with Crippen LogP contribution in [0.1, 0.15) is 16.7 Å². The summed E-state index contributed by atoms with van der Waals surface area (Å²) in [4.78, 5) is 25.6. The lowest BCUT2D eigenvalue weighted by atomic mass is 10.1. The molecule has 0 aliphatic carbocycles. The van der Waals surface area contributed by atoms with Crippen LogP contribution in [0.2, 0.25) is 5.02 Å². The van der Waals surface area contributed by atoms with E-state index in [1.165, 1.54) is 42.3 Å². The van der Waals surface area contributed by atoms with Gasteiger partial charge in [0.1, 0.15) is 5.82 Å². The monoisotopic (exact) mass is 374 g/mol. The number of para-hydroxylation sites is 1. The van der Waals surface area contributed by atoms with Crippen molar-refractivity contribution in [1.82, 2.24) is 4.90 Å². The second-order valence-corrected chi connectivity index (χ2v) is 6.42. The number of carbonyl (C=O) groups is 2. The van der Waals surface area contributed by atoms with Gasteiger partial charge in [-0.05, 0) is 48.7 Å². The van der Waals surface area contributed by atoms with Gasteiger partial charge in [-0.1, -0.05) is 35.9 Å². The third-order valence-electron chi connectivity index (χ3n) is 3.86. The fourth-order valence-corrected chi connectivity index (χ4v) is 2.58. The number of amides is 2. The molecule has 26 heavy (non-hydrogen) atoms. The minimum absolute atomic E-state index is 0.0130. The summed E-state index contributed by atoms with van der Waals surface area (Å²) in [5.74, 6) is -1.14. The average Bonchev–Trinajstić information content (AvgIpc) is 2.59. The molecular formula is C20H20ClFN2O2. The Morgan fingerprint density at radius 1 is 1.19 bits per heavy atom. The predicted octanol–water partition coefficient (Wildman–Crippen LogP) is 4.21. The zero-order valence-electron chi connectivity index (χ0n) is 14.8. The Kier molecular flexibility index (Phi) is 6.52. The number of aryl methyl sites for hydroxylation is 2. The second-order valence-electron chi connectivity index (χ2n) is 6.02. The Bertz CT molecular complexity index is 845. The van der Waals surface area contributed by atoms with Crippen LogP contribution in [0, 0.1) is 19.7 Å².